The summed E-state index contributed by atoms with van der Waals surface area (Å²) in [7, 11) is 0. The second-order valence-electron chi connectivity index (χ2n) is 14.2. The van der Waals surface area contributed by atoms with Gasteiger partial charge in [-0.15, -0.1) is 0 Å². The fourth-order valence-electron chi connectivity index (χ4n) is 10.0. The molecular weight excluding hydrogens is 538 g/mol. The average Bonchev–Trinajstić information content (AvgIpc) is 3.44. The molecule has 0 spiro atoms. The maximum Gasteiger partial charge on any atom is 0.160 e. The Balaban J connectivity index is 0.993. The van der Waals surface area contributed by atoms with Crippen LogP contribution in [0.1, 0.15) is 75.7 Å². The van der Waals surface area contributed by atoms with E-state index in [4.69, 9.17) is 14.7 Å². The van der Waals surface area contributed by atoms with E-state index < -0.39 is 0 Å². The number of rotatable bonds is 4. The molecule has 0 N–H and O–H groups in total. The Morgan fingerprint density at radius 3 is 2.02 bits per heavy atom. The van der Waals surface area contributed by atoms with Crippen molar-refractivity contribution in [3.63, 3.8) is 0 Å². The minimum absolute atomic E-state index is 0.492. The van der Waals surface area contributed by atoms with Gasteiger partial charge in [0.25, 0.3) is 0 Å². The second kappa shape index (κ2) is 11.2. The van der Waals surface area contributed by atoms with Crippen LogP contribution in [0.25, 0.3) is 33.9 Å². The maximum absolute atomic E-state index is 6.87. The first-order chi connectivity index (χ1) is 21.8. The third-order valence-corrected chi connectivity index (χ3v) is 11.9. The lowest BCUT2D eigenvalue weighted by Gasteiger charge is -2.53. The molecule has 2 aliphatic heterocycles. The summed E-state index contributed by atoms with van der Waals surface area (Å²) < 4.78 is 6.87. The number of nitrogens with zero attached hydrogens (tertiary/aromatic N) is 3. The van der Waals surface area contributed by atoms with Crippen LogP contribution in [-0.4, -0.2) is 45.2 Å². The Morgan fingerprint density at radius 1 is 0.568 bits per heavy atom. The zero-order valence-corrected chi connectivity index (χ0v) is 25.6. The Hall–Kier alpha value is -3.34. The molecule has 0 radical (unpaired) electrons. The van der Waals surface area contributed by atoms with Gasteiger partial charge in [-0.1, -0.05) is 104 Å². The lowest BCUT2D eigenvalue weighted by molar-refractivity contribution is -0.177. The van der Waals surface area contributed by atoms with Crippen LogP contribution in [0.5, 0.6) is 0 Å². The van der Waals surface area contributed by atoms with E-state index in [0.717, 1.165) is 51.8 Å². The van der Waals surface area contributed by atoms with Crippen LogP contribution in [-0.2, 0) is 4.74 Å². The van der Waals surface area contributed by atoms with Crippen molar-refractivity contribution in [2.75, 3.05) is 0 Å². The van der Waals surface area contributed by atoms with E-state index in [9.17, 15) is 0 Å². The van der Waals surface area contributed by atoms with Gasteiger partial charge in [-0.25, -0.2) is 9.97 Å². The van der Waals surface area contributed by atoms with Crippen LogP contribution < -0.4 is 0 Å². The molecule has 224 valence electrons. The number of benzene rings is 3. The molecular formula is C40H43N3O. The number of fused-ring (bicyclic) bond motifs is 5. The van der Waals surface area contributed by atoms with Gasteiger partial charge in [-0.2, -0.15) is 0 Å². The van der Waals surface area contributed by atoms with Gasteiger partial charge in [0, 0.05) is 34.8 Å². The van der Waals surface area contributed by atoms with E-state index in [1.165, 1.54) is 69.8 Å². The third kappa shape index (κ3) is 4.64. The summed E-state index contributed by atoms with van der Waals surface area (Å²) in [5, 5.41) is 0. The van der Waals surface area contributed by atoms with Gasteiger partial charge < -0.3 is 4.74 Å². The van der Waals surface area contributed by atoms with Crippen molar-refractivity contribution < 1.29 is 4.74 Å². The van der Waals surface area contributed by atoms with E-state index in [2.05, 4.69) is 89.8 Å². The molecule has 4 heteroatoms. The molecule has 8 unspecified atom stereocenters. The third-order valence-electron chi connectivity index (χ3n) is 11.9. The first-order valence-electron chi connectivity index (χ1n) is 17.3. The Bertz CT molecular complexity index is 1550. The summed E-state index contributed by atoms with van der Waals surface area (Å²) in [6.07, 6.45) is 14.4. The molecule has 4 nitrogen and oxygen atoms in total. The van der Waals surface area contributed by atoms with E-state index >= 15 is 0 Å². The minimum atomic E-state index is 0.492. The van der Waals surface area contributed by atoms with Crippen molar-refractivity contribution in [3.05, 3.63) is 96.6 Å². The molecule has 3 aliphatic carbocycles. The van der Waals surface area contributed by atoms with Gasteiger partial charge in [0.05, 0.1) is 23.6 Å². The Labute approximate surface area is 261 Å². The van der Waals surface area contributed by atoms with E-state index in [1.807, 2.05) is 6.07 Å². The molecule has 9 rings (SSSR count). The molecule has 2 saturated heterocycles. The molecule has 8 atom stereocenters. The second-order valence-corrected chi connectivity index (χ2v) is 14.2. The minimum Gasteiger partial charge on any atom is -0.372 e. The van der Waals surface area contributed by atoms with Crippen LogP contribution in [0.4, 0.5) is 0 Å². The van der Waals surface area contributed by atoms with Gasteiger partial charge in [0.15, 0.2) is 5.82 Å². The molecule has 3 saturated carbocycles. The van der Waals surface area contributed by atoms with Gasteiger partial charge in [0.2, 0.25) is 0 Å². The quantitative estimate of drug-likeness (QED) is 0.241. The van der Waals surface area contributed by atoms with Crippen LogP contribution >= 0.6 is 0 Å². The van der Waals surface area contributed by atoms with Crippen molar-refractivity contribution in [2.24, 2.45) is 11.8 Å². The largest absolute Gasteiger partial charge is 0.372 e. The topological polar surface area (TPSA) is 38.2 Å². The first kappa shape index (κ1) is 27.0. The summed E-state index contributed by atoms with van der Waals surface area (Å²) in [5.41, 5.74) is 6.78. The zero-order chi connectivity index (χ0) is 29.0. The van der Waals surface area contributed by atoms with Crippen molar-refractivity contribution >= 4 is 0 Å². The summed E-state index contributed by atoms with van der Waals surface area (Å²) >= 11 is 0. The molecule has 3 aromatic carbocycles. The molecule has 1 aromatic heterocycles. The predicted octanol–water partition coefficient (Wildman–Crippen LogP) is 8.92. The highest BCUT2D eigenvalue weighted by Crippen LogP contribution is 2.56. The number of hydrogen-bond acceptors (Lipinski definition) is 4. The van der Waals surface area contributed by atoms with Gasteiger partial charge in [0.1, 0.15) is 0 Å². The summed E-state index contributed by atoms with van der Waals surface area (Å²) in [5.74, 6) is 3.09. The lowest BCUT2D eigenvalue weighted by Crippen LogP contribution is -2.63. The van der Waals surface area contributed by atoms with Crippen molar-refractivity contribution in [2.45, 2.75) is 100 Å². The summed E-state index contributed by atoms with van der Waals surface area (Å²) in [6.45, 7) is 0. The summed E-state index contributed by atoms with van der Waals surface area (Å²) in [6, 6.07) is 34.5. The molecule has 5 aliphatic rings. The smallest absolute Gasteiger partial charge is 0.160 e. The standard InChI is InChI=1S/C40H43N3O/c1-3-10-27(11-4-1)33-25-34(42-40(41-33)29-12-5-2-6-13-29)28-20-18-26(19-21-28)30-22-23-35-32(24-30)31-14-9-17-38-39(31)43(35)36-15-7-8-16-37(36)44-38/h1-6,10-13,18-21,25,30-32,35-39H,7-9,14-17,22-24H2. The molecule has 44 heavy (non-hydrogen) atoms. The SMILES string of the molecule is c1ccc(-c2cc(-c3ccc(C4CCC5C(C4)C4CCCC6OC7CCCCC7N5C64)cc3)nc(-c3ccccc3)n2)cc1. The van der Waals surface area contributed by atoms with E-state index in [0.29, 0.717) is 30.2 Å². The highest BCUT2D eigenvalue weighted by molar-refractivity contribution is 5.71. The monoisotopic (exact) mass is 581 g/mol. The Morgan fingerprint density at radius 2 is 1.25 bits per heavy atom. The highest BCUT2D eigenvalue weighted by atomic mass is 16.5. The lowest BCUT2D eigenvalue weighted by atomic mass is 9.68. The van der Waals surface area contributed by atoms with E-state index in [-0.39, 0.29) is 0 Å². The Kier molecular flexibility index (Phi) is 6.89. The fourth-order valence-corrected chi connectivity index (χ4v) is 10.0. The molecule has 3 heterocycles. The number of ether oxygens (including phenoxy) is 1. The van der Waals surface area contributed by atoms with Crippen molar-refractivity contribution in [1.29, 1.82) is 0 Å². The number of aromatic nitrogens is 2. The number of morpholine rings is 1. The predicted molar refractivity (Wildman–Crippen MR) is 176 cm³/mol. The average molecular weight is 582 g/mol. The number of hydrogen-bond donors (Lipinski definition) is 0. The van der Waals surface area contributed by atoms with E-state index in [1.54, 1.807) is 0 Å². The van der Waals surface area contributed by atoms with Crippen LogP contribution in [0, 0.1) is 11.8 Å². The summed E-state index contributed by atoms with van der Waals surface area (Å²) in [4.78, 5) is 13.1. The maximum atomic E-state index is 6.87. The van der Waals surface area contributed by atoms with Crippen molar-refractivity contribution in [3.8, 4) is 33.9 Å². The van der Waals surface area contributed by atoms with Gasteiger partial charge in [-0.3, -0.25) is 4.90 Å². The van der Waals surface area contributed by atoms with Gasteiger partial charge in [-0.05, 0) is 74.3 Å². The normalized spacial score (nSPS) is 32.8. The molecule has 0 bridgehead atoms. The molecule has 4 aromatic rings. The van der Waals surface area contributed by atoms with Crippen LogP contribution in [0.3, 0.4) is 0 Å². The van der Waals surface area contributed by atoms with Crippen molar-refractivity contribution in [1.82, 2.24) is 14.9 Å². The van der Waals surface area contributed by atoms with Crippen LogP contribution in [0.2, 0.25) is 0 Å². The zero-order valence-electron chi connectivity index (χ0n) is 25.6. The fraction of sp³-hybridized carbons (Fsp3) is 0.450. The molecule has 5 fully saturated rings. The first-order valence-corrected chi connectivity index (χ1v) is 17.3. The molecule has 0 amide bonds. The highest BCUT2D eigenvalue weighted by Gasteiger charge is 2.59. The van der Waals surface area contributed by atoms with Gasteiger partial charge >= 0.3 is 0 Å². The van der Waals surface area contributed by atoms with Crippen LogP contribution in [0.15, 0.2) is 91.0 Å².